The van der Waals surface area contributed by atoms with Crippen molar-refractivity contribution in [3.8, 4) is 5.82 Å². The molecule has 0 bridgehead atoms. The van der Waals surface area contributed by atoms with Crippen LogP contribution in [0.2, 0.25) is 0 Å². The van der Waals surface area contributed by atoms with E-state index in [1.807, 2.05) is 13.0 Å². The van der Waals surface area contributed by atoms with E-state index in [1.165, 1.54) is 12.5 Å². The van der Waals surface area contributed by atoms with Crippen molar-refractivity contribution in [2.45, 2.75) is 6.92 Å². The van der Waals surface area contributed by atoms with Crippen molar-refractivity contribution in [2.24, 2.45) is 0 Å². The van der Waals surface area contributed by atoms with E-state index < -0.39 is 5.97 Å². The Morgan fingerprint density at radius 2 is 2.25 bits per heavy atom. The molecule has 2 rings (SSSR count). The molecule has 0 amide bonds. The van der Waals surface area contributed by atoms with Crippen LogP contribution in [-0.4, -0.2) is 25.6 Å². The second kappa shape index (κ2) is 4.05. The van der Waals surface area contributed by atoms with E-state index in [2.05, 4.69) is 25.9 Å². The van der Waals surface area contributed by atoms with Gasteiger partial charge in [-0.15, -0.1) is 0 Å². The quantitative estimate of drug-likeness (QED) is 0.915. The Kier molecular flexibility index (Phi) is 2.74. The van der Waals surface area contributed by atoms with Crippen LogP contribution in [-0.2, 0) is 0 Å². The topological polar surface area (TPSA) is 68.0 Å². The van der Waals surface area contributed by atoms with Crippen molar-refractivity contribution < 1.29 is 9.90 Å². The van der Waals surface area contributed by atoms with E-state index in [-0.39, 0.29) is 5.69 Å². The number of hydrogen-bond acceptors (Lipinski definition) is 3. The molecule has 6 heteroatoms. The summed E-state index contributed by atoms with van der Waals surface area (Å²) in [5.74, 6) is -0.437. The first-order valence-electron chi connectivity index (χ1n) is 4.48. The highest BCUT2D eigenvalue weighted by atomic mass is 79.9. The molecule has 16 heavy (non-hydrogen) atoms. The third-order valence-electron chi connectivity index (χ3n) is 2.00. The van der Waals surface area contributed by atoms with Gasteiger partial charge in [-0.1, -0.05) is 0 Å². The van der Waals surface area contributed by atoms with E-state index >= 15 is 0 Å². The molecule has 0 unspecified atom stereocenters. The Balaban J connectivity index is 2.46. The van der Waals surface area contributed by atoms with Crippen LogP contribution in [0, 0.1) is 6.92 Å². The minimum absolute atomic E-state index is 0.00530. The molecule has 0 aliphatic carbocycles. The zero-order chi connectivity index (χ0) is 11.7. The molecule has 0 aliphatic heterocycles. The zero-order valence-electron chi connectivity index (χ0n) is 8.38. The van der Waals surface area contributed by atoms with Gasteiger partial charge in [0.2, 0.25) is 0 Å². The highest BCUT2D eigenvalue weighted by molar-refractivity contribution is 9.10. The molecule has 2 aromatic heterocycles. The predicted molar refractivity (Wildman–Crippen MR) is 60.8 cm³/mol. The smallest absolute Gasteiger partial charge is 0.356 e. The predicted octanol–water partition coefficient (Wildman–Crippen LogP) is 2.04. The highest BCUT2D eigenvalue weighted by Crippen LogP contribution is 2.19. The SMILES string of the molecule is Cc1cnc(-n2cnc(C(=O)O)c2)c(Br)c1. The summed E-state index contributed by atoms with van der Waals surface area (Å²) in [5, 5.41) is 8.75. The van der Waals surface area contributed by atoms with Gasteiger partial charge in [-0.05, 0) is 34.5 Å². The number of imidazole rings is 1. The minimum Gasteiger partial charge on any atom is -0.476 e. The van der Waals surface area contributed by atoms with E-state index in [1.54, 1.807) is 10.8 Å². The molecule has 2 aromatic rings. The summed E-state index contributed by atoms with van der Waals surface area (Å²) in [5.41, 5.74) is 1.02. The van der Waals surface area contributed by atoms with Gasteiger partial charge in [-0.2, -0.15) is 0 Å². The zero-order valence-corrected chi connectivity index (χ0v) is 9.97. The fourth-order valence-corrected chi connectivity index (χ4v) is 1.93. The van der Waals surface area contributed by atoms with Crippen molar-refractivity contribution in [1.29, 1.82) is 0 Å². The van der Waals surface area contributed by atoms with Crippen LogP contribution in [0.15, 0.2) is 29.3 Å². The summed E-state index contributed by atoms with van der Waals surface area (Å²) >= 11 is 3.37. The van der Waals surface area contributed by atoms with Crippen molar-refractivity contribution in [1.82, 2.24) is 14.5 Å². The maximum absolute atomic E-state index is 10.7. The molecule has 0 atom stereocenters. The second-order valence-electron chi connectivity index (χ2n) is 3.29. The van der Waals surface area contributed by atoms with Gasteiger partial charge in [0.05, 0.1) is 4.47 Å². The number of aromatic carboxylic acids is 1. The van der Waals surface area contributed by atoms with Crippen LogP contribution in [0.1, 0.15) is 16.1 Å². The number of rotatable bonds is 2. The number of aryl methyl sites for hydroxylation is 1. The fourth-order valence-electron chi connectivity index (χ4n) is 1.27. The summed E-state index contributed by atoms with van der Waals surface area (Å²) in [7, 11) is 0. The molecule has 0 aliphatic rings. The Labute approximate surface area is 99.9 Å². The molecule has 0 fully saturated rings. The average Bonchev–Trinajstić information content (AvgIpc) is 2.66. The first-order valence-corrected chi connectivity index (χ1v) is 5.27. The van der Waals surface area contributed by atoms with E-state index in [0.717, 1.165) is 10.0 Å². The summed E-state index contributed by atoms with van der Waals surface area (Å²) in [6.45, 7) is 1.93. The van der Waals surface area contributed by atoms with E-state index in [0.29, 0.717) is 5.82 Å². The number of carbonyl (C=O) groups is 1. The molecular weight excluding hydrogens is 274 g/mol. The maximum atomic E-state index is 10.7. The third-order valence-corrected chi connectivity index (χ3v) is 2.59. The standard InChI is InChI=1S/C10H8BrN3O2/c1-6-2-7(11)9(12-3-6)14-4-8(10(15)16)13-5-14/h2-5H,1H3,(H,15,16). The molecule has 0 aromatic carbocycles. The van der Waals surface area contributed by atoms with Gasteiger partial charge in [0.1, 0.15) is 6.33 Å². The van der Waals surface area contributed by atoms with Crippen LogP contribution < -0.4 is 0 Å². The fraction of sp³-hybridized carbons (Fsp3) is 0.100. The Hall–Kier alpha value is -1.69. The summed E-state index contributed by atoms with van der Waals surface area (Å²) < 4.78 is 2.36. The van der Waals surface area contributed by atoms with E-state index in [4.69, 9.17) is 5.11 Å². The van der Waals surface area contributed by atoms with Crippen molar-refractivity contribution >= 4 is 21.9 Å². The molecule has 82 valence electrons. The Bertz CT molecular complexity index is 551. The third kappa shape index (κ3) is 1.96. The van der Waals surface area contributed by atoms with Crippen molar-refractivity contribution in [2.75, 3.05) is 0 Å². The molecule has 1 N–H and O–H groups in total. The largest absolute Gasteiger partial charge is 0.476 e. The molecule has 2 heterocycles. The van der Waals surface area contributed by atoms with Gasteiger partial charge in [0.15, 0.2) is 11.5 Å². The summed E-state index contributed by atoms with van der Waals surface area (Å²) in [6, 6.07) is 1.91. The monoisotopic (exact) mass is 281 g/mol. The molecule has 5 nitrogen and oxygen atoms in total. The number of carboxylic acid groups (broad SMARTS) is 1. The Morgan fingerprint density at radius 1 is 1.50 bits per heavy atom. The summed E-state index contributed by atoms with van der Waals surface area (Å²) in [4.78, 5) is 18.6. The van der Waals surface area contributed by atoms with Crippen LogP contribution >= 0.6 is 15.9 Å². The highest BCUT2D eigenvalue weighted by Gasteiger charge is 2.10. The molecule has 0 saturated carbocycles. The van der Waals surface area contributed by atoms with Crippen LogP contribution in [0.25, 0.3) is 5.82 Å². The maximum Gasteiger partial charge on any atom is 0.356 e. The number of nitrogens with zero attached hydrogens (tertiary/aromatic N) is 3. The van der Waals surface area contributed by atoms with E-state index in [9.17, 15) is 4.79 Å². The van der Waals surface area contributed by atoms with Gasteiger partial charge >= 0.3 is 5.97 Å². The summed E-state index contributed by atoms with van der Waals surface area (Å²) in [6.07, 6.45) is 4.55. The van der Waals surface area contributed by atoms with Gasteiger partial charge < -0.3 is 5.11 Å². The first-order chi connectivity index (χ1) is 7.58. The molecule has 0 saturated heterocycles. The lowest BCUT2D eigenvalue weighted by atomic mass is 10.3. The number of hydrogen-bond donors (Lipinski definition) is 1. The first kappa shape index (κ1) is 10.8. The lowest BCUT2D eigenvalue weighted by Gasteiger charge is -2.03. The van der Waals surface area contributed by atoms with Crippen molar-refractivity contribution in [3.05, 3.63) is 40.5 Å². The Morgan fingerprint density at radius 3 is 2.81 bits per heavy atom. The second-order valence-corrected chi connectivity index (χ2v) is 4.14. The molecule has 0 spiro atoms. The van der Waals surface area contributed by atoms with Gasteiger partial charge in [0.25, 0.3) is 0 Å². The molecular formula is C10H8BrN3O2. The lowest BCUT2D eigenvalue weighted by Crippen LogP contribution is -1.98. The molecule has 0 radical (unpaired) electrons. The van der Waals surface area contributed by atoms with Gasteiger partial charge in [0, 0.05) is 12.4 Å². The van der Waals surface area contributed by atoms with Crippen LogP contribution in [0.5, 0.6) is 0 Å². The van der Waals surface area contributed by atoms with Crippen molar-refractivity contribution in [3.63, 3.8) is 0 Å². The average molecular weight is 282 g/mol. The van der Waals surface area contributed by atoms with Gasteiger partial charge in [-0.3, -0.25) is 4.57 Å². The number of pyridine rings is 1. The number of carboxylic acids is 1. The van der Waals surface area contributed by atoms with Crippen LogP contribution in [0.4, 0.5) is 0 Å². The minimum atomic E-state index is -1.05. The lowest BCUT2D eigenvalue weighted by molar-refractivity contribution is 0.0691. The van der Waals surface area contributed by atoms with Crippen LogP contribution in [0.3, 0.4) is 0 Å². The van der Waals surface area contributed by atoms with Gasteiger partial charge in [-0.25, -0.2) is 14.8 Å². The normalized spacial score (nSPS) is 10.4. The number of halogens is 1. The number of aromatic nitrogens is 3.